The van der Waals surface area contributed by atoms with Gasteiger partial charge in [-0.25, -0.2) is 17.3 Å². The predicted octanol–water partition coefficient (Wildman–Crippen LogP) is 14.1. The van der Waals surface area contributed by atoms with Crippen LogP contribution in [-0.2, 0) is 0 Å². The number of rotatable bonds is 4. The topological polar surface area (TPSA) is 19.7 Å². The van der Waals surface area contributed by atoms with Crippen LogP contribution in [0.4, 0.5) is 0 Å². The van der Waals surface area contributed by atoms with E-state index in [1.165, 1.54) is 32.3 Å². The smallest absolute Gasteiger partial charge is 0.0887 e. The predicted molar refractivity (Wildman–Crippen MR) is 242 cm³/mol. The summed E-state index contributed by atoms with van der Waals surface area (Å²) in [4.78, 5) is 0. The summed E-state index contributed by atoms with van der Waals surface area (Å²) in [5, 5.41) is 9.40. The van der Waals surface area contributed by atoms with Crippen LogP contribution in [0.3, 0.4) is 0 Å². The Kier molecular flexibility index (Phi) is 7.97. The minimum absolute atomic E-state index is 1.04. The molecule has 1 aromatic heterocycles. The van der Waals surface area contributed by atoms with E-state index in [9.17, 15) is 0 Å². The summed E-state index contributed by atoms with van der Waals surface area (Å²) in [6.07, 6.45) is 0. The Morgan fingerprint density at radius 3 is 0.860 bits per heavy atom. The van der Waals surface area contributed by atoms with Crippen LogP contribution < -0.4 is 0 Å². The van der Waals surface area contributed by atoms with E-state index < -0.39 is 0 Å². The summed E-state index contributed by atoms with van der Waals surface area (Å²) in [6, 6.07) is 79.1. The number of aromatic nitrogens is 4. The lowest BCUT2D eigenvalue weighted by Gasteiger charge is -2.23. The van der Waals surface area contributed by atoms with E-state index >= 15 is 0 Å². The fourth-order valence-electron chi connectivity index (χ4n) is 8.39. The Hall–Kier alpha value is -7.34. The fourth-order valence-corrected chi connectivity index (χ4v) is 9.54. The van der Waals surface area contributed by atoms with Crippen molar-refractivity contribution in [1.82, 2.24) is 17.3 Å². The molecular formula is C52H36N4S. The van der Waals surface area contributed by atoms with Crippen molar-refractivity contribution in [2.24, 2.45) is 0 Å². The van der Waals surface area contributed by atoms with Gasteiger partial charge in [-0.2, -0.15) is 0 Å². The molecule has 0 saturated carbocycles. The van der Waals surface area contributed by atoms with Crippen molar-refractivity contribution in [1.29, 1.82) is 0 Å². The maximum atomic E-state index is 2.45. The molecule has 1 heterocycles. The third kappa shape index (κ3) is 5.51. The van der Waals surface area contributed by atoms with Crippen molar-refractivity contribution in [2.75, 3.05) is 0 Å². The van der Waals surface area contributed by atoms with Gasteiger partial charge in [-0.3, -0.25) is 0 Å². The molecule has 4 nitrogen and oxygen atoms in total. The molecular weight excluding hydrogens is 713 g/mol. The van der Waals surface area contributed by atoms with Crippen LogP contribution in [0, 0.1) is 0 Å². The van der Waals surface area contributed by atoms with E-state index in [4.69, 9.17) is 0 Å². The molecule has 0 saturated heterocycles. The Bertz CT molecular complexity index is 3190. The Morgan fingerprint density at radius 2 is 0.491 bits per heavy atom. The first-order valence-electron chi connectivity index (χ1n) is 19.3. The molecule has 5 heteroatoms. The zero-order chi connectivity index (χ0) is 37.7. The minimum Gasteiger partial charge on any atom is -0.249 e. The summed E-state index contributed by atoms with van der Waals surface area (Å²) in [6.45, 7) is 0. The van der Waals surface area contributed by atoms with Gasteiger partial charge in [0.1, 0.15) is 0 Å². The molecule has 0 aliphatic heterocycles. The van der Waals surface area contributed by atoms with Crippen molar-refractivity contribution in [3.8, 4) is 22.7 Å². The van der Waals surface area contributed by atoms with Gasteiger partial charge in [-0.05, 0) is 70.1 Å². The maximum Gasteiger partial charge on any atom is 0.0887 e. The van der Waals surface area contributed by atoms with Gasteiger partial charge in [-0.15, -0.1) is 0 Å². The lowest BCUT2D eigenvalue weighted by molar-refractivity contribution is 0.782. The van der Waals surface area contributed by atoms with Crippen molar-refractivity contribution >= 4 is 76.9 Å². The van der Waals surface area contributed by atoms with Crippen LogP contribution >= 0.6 is 11.7 Å². The van der Waals surface area contributed by atoms with E-state index in [1.54, 1.807) is 11.7 Å². The van der Waals surface area contributed by atoms with Gasteiger partial charge < -0.3 is 0 Å². The minimum atomic E-state index is 1.04. The van der Waals surface area contributed by atoms with E-state index in [-0.39, 0.29) is 0 Å². The third-order valence-electron chi connectivity index (χ3n) is 11.0. The van der Waals surface area contributed by atoms with E-state index in [2.05, 4.69) is 236 Å². The number of para-hydroxylation sites is 4. The molecule has 0 spiro atoms. The van der Waals surface area contributed by atoms with E-state index in [1.807, 2.05) is 0 Å². The molecule has 0 aliphatic carbocycles. The van der Waals surface area contributed by atoms with Crippen LogP contribution in [0.5, 0.6) is 0 Å². The third-order valence-corrected chi connectivity index (χ3v) is 12.1. The molecule has 10 aromatic carbocycles. The molecule has 0 radical (unpaired) electrons. The van der Waals surface area contributed by atoms with Crippen molar-refractivity contribution < 1.29 is 0 Å². The van der Waals surface area contributed by atoms with E-state index in [0.717, 1.165) is 55.6 Å². The number of hydrogen-bond donors (Lipinski definition) is 0. The molecule has 11 aromatic rings. The highest BCUT2D eigenvalue weighted by Gasteiger charge is 2.18. The van der Waals surface area contributed by atoms with Gasteiger partial charge in [0.05, 0.1) is 44.8 Å². The average molecular weight is 749 g/mol. The van der Waals surface area contributed by atoms with Gasteiger partial charge in [0.2, 0.25) is 0 Å². The molecule has 0 unspecified atom stereocenters. The summed E-state index contributed by atoms with van der Waals surface area (Å²) >= 11 is 1.72. The Labute approximate surface area is 333 Å². The van der Waals surface area contributed by atoms with Crippen LogP contribution in [0.15, 0.2) is 218 Å². The SMILES string of the molecule is c1ccc2c(-n3sn(-c4cccc5ccccc45)c4ccccc4n(-c4cccc5ccccc45)n(-c4cccc5ccccc45)c4ccccc43)cccc2c1. The Morgan fingerprint density at radius 1 is 0.228 bits per heavy atom. The molecule has 0 amide bonds. The summed E-state index contributed by atoms with van der Waals surface area (Å²) in [5.74, 6) is 0. The average Bonchev–Trinajstić information content (AvgIpc) is 3.33. The molecule has 0 fully saturated rings. The molecule has 0 bridgehead atoms. The summed E-state index contributed by atoms with van der Waals surface area (Å²) in [5.41, 5.74) is 8.53. The van der Waals surface area contributed by atoms with Gasteiger partial charge in [-0.1, -0.05) is 170 Å². The largest absolute Gasteiger partial charge is 0.249 e. The zero-order valence-corrected chi connectivity index (χ0v) is 31.8. The first-order chi connectivity index (χ1) is 28.3. The van der Waals surface area contributed by atoms with Crippen molar-refractivity contribution in [3.63, 3.8) is 0 Å². The van der Waals surface area contributed by atoms with Crippen LogP contribution in [0.2, 0.25) is 0 Å². The van der Waals surface area contributed by atoms with Crippen LogP contribution in [0.25, 0.3) is 87.9 Å². The second-order valence-corrected chi connectivity index (χ2v) is 15.2. The molecule has 0 aliphatic rings. The number of hydrogen-bond acceptors (Lipinski definition) is 1. The molecule has 0 atom stereocenters. The molecule has 270 valence electrons. The Balaban J connectivity index is 1.49. The van der Waals surface area contributed by atoms with Crippen molar-refractivity contribution in [3.05, 3.63) is 218 Å². The van der Waals surface area contributed by atoms with Crippen LogP contribution in [0.1, 0.15) is 0 Å². The normalized spacial score (nSPS) is 11.5. The lowest BCUT2D eigenvalue weighted by atomic mass is 10.1. The lowest BCUT2D eigenvalue weighted by Crippen LogP contribution is -2.14. The molecule has 0 N–H and O–H groups in total. The van der Waals surface area contributed by atoms with Crippen molar-refractivity contribution in [2.45, 2.75) is 0 Å². The first kappa shape index (κ1) is 33.0. The number of nitrogens with zero attached hydrogens (tertiary/aromatic N) is 4. The quantitative estimate of drug-likeness (QED) is 0.171. The first-order valence-corrected chi connectivity index (χ1v) is 20.0. The summed E-state index contributed by atoms with van der Waals surface area (Å²) in [7, 11) is 0. The highest BCUT2D eigenvalue weighted by Crippen LogP contribution is 2.36. The second-order valence-electron chi connectivity index (χ2n) is 14.3. The highest BCUT2D eigenvalue weighted by molar-refractivity contribution is 7.02. The van der Waals surface area contributed by atoms with Crippen LogP contribution in [-0.4, -0.2) is 17.3 Å². The number of benzene rings is 10. The highest BCUT2D eigenvalue weighted by atomic mass is 32.1. The van der Waals surface area contributed by atoms with E-state index in [0.29, 0.717) is 0 Å². The summed E-state index contributed by atoms with van der Waals surface area (Å²) < 4.78 is 9.76. The maximum absolute atomic E-state index is 2.45. The second kappa shape index (κ2) is 13.7. The fraction of sp³-hybridized carbons (Fsp3) is 0. The standard InChI is InChI=1S/C52H36N4S/c1-5-25-41-37(17-1)21-13-33-45(41)53-49-29-9-11-31-51(49)55(47-35-15-23-39-19-3-7-27-43(39)47)57-56(48-36-16-24-40-20-4-8-28-44(40)48)52-32-12-10-30-50(52)54(53)46-34-14-22-38-18-2-6-26-42(38)46/h1-36H. The monoisotopic (exact) mass is 748 g/mol. The zero-order valence-electron chi connectivity index (χ0n) is 31.0. The number of fused-ring (bicyclic) bond motifs is 6. The van der Waals surface area contributed by atoms with Gasteiger partial charge in [0.15, 0.2) is 0 Å². The van der Waals surface area contributed by atoms with Gasteiger partial charge in [0.25, 0.3) is 0 Å². The van der Waals surface area contributed by atoms with Gasteiger partial charge >= 0.3 is 0 Å². The molecule has 57 heavy (non-hydrogen) atoms. The van der Waals surface area contributed by atoms with Gasteiger partial charge in [0, 0.05) is 33.3 Å². The molecule has 11 rings (SSSR count).